The highest BCUT2D eigenvalue weighted by Crippen LogP contribution is 2.45. The van der Waals surface area contributed by atoms with E-state index in [1.807, 2.05) is 13.8 Å². The Kier molecular flexibility index (Phi) is 3.40. The standard InChI is InChI=1S/C12H15FN2O2S2/c1-12(2)6-9(12)15-19(16,17)8-5-3-4-7(13)10(8)11(14)18/h3-5,9,15H,6H2,1-2H3,(H2,14,18). The first kappa shape index (κ1) is 14.4. The lowest BCUT2D eigenvalue weighted by atomic mass is 10.2. The molecular weight excluding hydrogens is 287 g/mol. The molecule has 1 atom stereocenters. The van der Waals surface area contributed by atoms with Gasteiger partial charge in [-0.15, -0.1) is 0 Å². The molecule has 0 aromatic heterocycles. The van der Waals surface area contributed by atoms with E-state index in [2.05, 4.69) is 4.72 Å². The van der Waals surface area contributed by atoms with E-state index in [0.29, 0.717) is 0 Å². The molecule has 4 nitrogen and oxygen atoms in total. The van der Waals surface area contributed by atoms with Crippen molar-refractivity contribution in [3.8, 4) is 0 Å². The number of nitrogens with one attached hydrogen (secondary N) is 1. The second kappa shape index (κ2) is 4.50. The summed E-state index contributed by atoms with van der Waals surface area (Å²) in [6.45, 7) is 3.92. The third-order valence-electron chi connectivity index (χ3n) is 3.32. The van der Waals surface area contributed by atoms with Gasteiger partial charge in [-0.2, -0.15) is 0 Å². The van der Waals surface area contributed by atoms with Gasteiger partial charge in [0.05, 0.1) is 10.5 Å². The highest BCUT2D eigenvalue weighted by atomic mass is 32.2. The number of rotatable bonds is 4. The Hall–Kier alpha value is -1.05. The molecule has 1 fully saturated rings. The van der Waals surface area contributed by atoms with Crippen LogP contribution >= 0.6 is 12.2 Å². The van der Waals surface area contributed by atoms with Crippen LogP contribution in [0.1, 0.15) is 25.8 Å². The lowest BCUT2D eigenvalue weighted by molar-refractivity contribution is 0.553. The zero-order valence-corrected chi connectivity index (χ0v) is 12.2. The number of thiocarbonyl (C=S) groups is 1. The highest BCUT2D eigenvalue weighted by molar-refractivity contribution is 7.89. The zero-order chi connectivity index (χ0) is 14.4. The smallest absolute Gasteiger partial charge is 0.241 e. The van der Waals surface area contributed by atoms with Crippen molar-refractivity contribution >= 4 is 27.2 Å². The van der Waals surface area contributed by atoms with E-state index < -0.39 is 15.8 Å². The van der Waals surface area contributed by atoms with Gasteiger partial charge in [0.15, 0.2) is 0 Å². The quantitative estimate of drug-likeness (QED) is 0.828. The Labute approximate surface area is 117 Å². The molecule has 1 unspecified atom stereocenters. The molecule has 0 heterocycles. The van der Waals surface area contributed by atoms with Crippen LogP contribution in [0.25, 0.3) is 0 Å². The van der Waals surface area contributed by atoms with Crippen LogP contribution in [-0.2, 0) is 10.0 Å². The van der Waals surface area contributed by atoms with E-state index in [4.69, 9.17) is 18.0 Å². The third-order valence-corrected chi connectivity index (χ3v) is 5.04. The van der Waals surface area contributed by atoms with Gasteiger partial charge in [0.2, 0.25) is 10.0 Å². The first-order chi connectivity index (χ1) is 8.65. The van der Waals surface area contributed by atoms with Crippen molar-refractivity contribution in [2.24, 2.45) is 11.1 Å². The van der Waals surface area contributed by atoms with Gasteiger partial charge < -0.3 is 5.73 Å². The van der Waals surface area contributed by atoms with Gasteiger partial charge in [0.1, 0.15) is 10.8 Å². The molecular formula is C12H15FN2O2S2. The molecule has 0 amide bonds. The second-order valence-corrected chi connectivity index (χ2v) is 7.47. The average molecular weight is 302 g/mol. The van der Waals surface area contributed by atoms with Crippen LogP contribution in [0.15, 0.2) is 23.1 Å². The number of sulfonamides is 1. The number of halogens is 1. The molecule has 1 aliphatic rings. The molecule has 0 saturated heterocycles. The summed E-state index contributed by atoms with van der Waals surface area (Å²) in [5.74, 6) is -0.731. The van der Waals surface area contributed by atoms with Crippen molar-refractivity contribution in [1.82, 2.24) is 4.72 Å². The zero-order valence-electron chi connectivity index (χ0n) is 10.6. The third kappa shape index (κ3) is 2.77. The molecule has 0 aliphatic heterocycles. The average Bonchev–Trinajstić information content (AvgIpc) is 2.83. The maximum absolute atomic E-state index is 13.7. The Morgan fingerprint density at radius 3 is 2.58 bits per heavy atom. The van der Waals surface area contributed by atoms with Crippen molar-refractivity contribution in [3.05, 3.63) is 29.6 Å². The topological polar surface area (TPSA) is 72.2 Å². The predicted octanol–water partition coefficient (Wildman–Crippen LogP) is 1.54. The molecule has 7 heteroatoms. The first-order valence-electron chi connectivity index (χ1n) is 5.76. The SMILES string of the molecule is CC1(C)CC1NS(=O)(=O)c1cccc(F)c1C(N)=S. The highest BCUT2D eigenvalue weighted by Gasteiger charge is 2.48. The van der Waals surface area contributed by atoms with E-state index in [1.165, 1.54) is 12.1 Å². The van der Waals surface area contributed by atoms with Gasteiger partial charge in [0, 0.05) is 6.04 Å². The lowest BCUT2D eigenvalue weighted by Crippen LogP contribution is -2.31. The van der Waals surface area contributed by atoms with E-state index in [0.717, 1.165) is 12.5 Å². The van der Waals surface area contributed by atoms with Crippen LogP contribution in [0.5, 0.6) is 0 Å². The Morgan fingerprint density at radius 2 is 2.11 bits per heavy atom. The normalized spacial score (nSPS) is 21.1. The number of hydrogen-bond donors (Lipinski definition) is 2. The molecule has 1 aromatic carbocycles. The summed E-state index contributed by atoms with van der Waals surface area (Å²) in [5, 5.41) is 0. The molecule has 1 saturated carbocycles. The summed E-state index contributed by atoms with van der Waals surface area (Å²) in [6.07, 6.45) is 0.754. The van der Waals surface area contributed by atoms with Crippen LogP contribution in [0.4, 0.5) is 4.39 Å². The van der Waals surface area contributed by atoms with Gasteiger partial charge in [0.25, 0.3) is 0 Å². The summed E-state index contributed by atoms with van der Waals surface area (Å²) in [6, 6.07) is 3.62. The van der Waals surface area contributed by atoms with Gasteiger partial charge in [-0.05, 0) is 24.0 Å². The van der Waals surface area contributed by atoms with E-state index >= 15 is 0 Å². The summed E-state index contributed by atoms with van der Waals surface area (Å²) in [5.41, 5.74) is 5.11. The molecule has 19 heavy (non-hydrogen) atoms. The molecule has 0 radical (unpaired) electrons. The number of nitrogens with two attached hydrogens (primary N) is 1. The van der Waals surface area contributed by atoms with Crippen LogP contribution in [0, 0.1) is 11.2 Å². The summed E-state index contributed by atoms with van der Waals surface area (Å²) < 4.78 is 40.7. The maximum atomic E-state index is 13.7. The van der Waals surface area contributed by atoms with Gasteiger partial charge in [-0.25, -0.2) is 17.5 Å². The largest absolute Gasteiger partial charge is 0.389 e. The summed E-state index contributed by atoms with van der Waals surface area (Å²) in [4.78, 5) is -0.476. The van der Waals surface area contributed by atoms with Crippen molar-refractivity contribution in [2.45, 2.75) is 31.2 Å². The molecule has 3 N–H and O–H groups in total. The fourth-order valence-corrected chi connectivity index (χ4v) is 3.80. The fraction of sp³-hybridized carbons (Fsp3) is 0.417. The van der Waals surface area contributed by atoms with E-state index in [9.17, 15) is 12.8 Å². The van der Waals surface area contributed by atoms with Gasteiger partial charge in [-0.3, -0.25) is 0 Å². The monoisotopic (exact) mass is 302 g/mol. The molecule has 2 rings (SSSR count). The summed E-state index contributed by atoms with van der Waals surface area (Å²) in [7, 11) is -3.82. The molecule has 0 spiro atoms. The van der Waals surface area contributed by atoms with Crippen molar-refractivity contribution in [3.63, 3.8) is 0 Å². The number of benzene rings is 1. The van der Waals surface area contributed by atoms with E-state index in [1.54, 1.807) is 0 Å². The van der Waals surface area contributed by atoms with Crippen molar-refractivity contribution in [1.29, 1.82) is 0 Å². The van der Waals surface area contributed by atoms with E-state index in [-0.39, 0.29) is 26.9 Å². The van der Waals surface area contributed by atoms with Crippen molar-refractivity contribution < 1.29 is 12.8 Å². The Balaban J connectivity index is 2.41. The van der Waals surface area contributed by atoms with Gasteiger partial charge in [-0.1, -0.05) is 32.1 Å². The Morgan fingerprint density at radius 1 is 1.53 bits per heavy atom. The first-order valence-corrected chi connectivity index (χ1v) is 7.65. The van der Waals surface area contributed by atoms with Crippen LogP contribution in [-0.4, -0.2) is 19.4 Å². The van der Waals surface area contributed by atoms with Crippen molar-refractivity contribution in [2.75, 3.05) is 0 Å². The van der Waals surface area contributed by atoms with Crippen LogP contribution in [0.3, 0.4) is 0 Å². The molecule has 1 aromatic rings. The predicted molar refractivity (Wildman–Crippen MR) is 74.8 cm³/mol. The molecule has 104 valence electrons. The second-order valence-electron chi connectivity index (χ2n) is 5.34. The Bertz CT molecular complexity index is 641. The minimum absolute atomic E-state index is 0.0657. The van der Waals surface area contributed by atoms with Gasteiger partial charge >= 0.3 is 0 Å². The maximum Gasteiger partial charge on any atom is 0.241 e. The lowest BCUT2D eigenvalue weighted by Gasteiger charge is -2.12. The fourth-order valence-electron chi connectivity index (χ4n) is 1.89. The molecule has 0 bridgehead atoms. The summed E-state index contributed by atoms with van der Waals surface area (Å²) >= 11 is 4.73. The molecule has 1 aliphatic carbocycles. The van der Waals surface area contributed by atoms with Crippen LogP contribution in [0.2, 0.25) is 0 Å². The minimum atomic E-state index is -3.82. The number of hydrogen-bond acceptors (Lipinski definition) is 3. The van der Waals surface area contributed by atoms with Crippen LogP contribution < -0.4 is 10.5 Å². The minimum Gasteiger partial charge on any atom is -0.389 e.